The van der Waals surface area contributed by atoms with Crippen LogP contribution < -0.4 is 5.43 Å². The van der Waals surface area contributed by atoms with E-state index in [1.54, 1.807) is 24.3 Å². The van der Waals surface area contributed by atoms with E-state index >= 15 is 0 Å². The Labute approximate surface area is 127 Å². The van der Waals surface area contributed by atoms with Gasteiger partial charge in [-0.2, -0.15) is 0 Å². The average molecular weight is 346 g/mol. The third kappa shape index (κ3) is 2.52. The number of pyridine rings is 1. The Bertz CT molecular complexity index is 918. The maximum Gasteiger partial charge on any atom is 0.200 e. The Hall–Kier alpha value is -2.27. The zero-order valence-corrected chi connectivity index (χ0v) is 12.3. The van der Waals surface area contributed by atoms with Crippen molar-refractivity contribution >= 4 is 32.6 Å². The first-order valence-electron chi connectivity index (χ1n) is 6.17. The quantitative estimate of drug-likeness (QED) is 0.720. The normalized spacial score (nSPS) is 10.8. The van der Waals surface area contributed by atoms with Crippen LogP contribution in [0, 0.1) is 5.82 Å². The van der Waals surface area contributed by atoms with Crippen LogP contribution in [0.25, 0.3) is 10.9 Å². The molecule has 0 aliphatic rings. The minimum absolute atomic E-state index is 0.00815. The molecule has 0 saturated carbocycles. The molecule has 3 nitrogen and oxygen atoms in total. The van der Waals surface area contributed by atoms with Gasteiger partial charge >= 0.3 is 0 Å². The standard InChI is InChI=1S/C16H9BrFNO2/c17-10-3-1-2-9(6-10)15(20)13-8-19-14-5-4-11(18)7-12(14)16(13)21/h1-8H,(H,19,21). The van der Waals surface area contributed by atoms with Gasteiger partial charge in [0.05, 0.1) is 5.56 Å². The molecule has 0 spiro atoms. The maximum atomic E-state index is 13.3. The number of halogens is 2. The SMILES string of the molecule is O=C(c1cccc(Br)c1)c1c[nH]c2ccc(F)cc2c1=O. The van der Waals surface area contributed by atoms with Crippen molar-refractivity contribution in [2.75, 3.05) is 0 Å². The largest absolute Gasteiger partial charge is 0.360 e. The molecule has 0 unspecified atom stereocenters. The Morgan fingerprint density at radius 3 is 2.71 bits per heavy atom. The molecule has 1 N–H and O–H groups in total. The van der Waals surface area contributed by atoms with Gasteiger partial charge in [-0.1, -0.05) is 28.1 Å². The number of fused-ring (bicyclic) bond motifs is 1. The third-order valence-corrected chi connectivity index (χ3v) is 3.67. The minimum atomic E-state index is -0.514. The number of hydrogen-bond donors (Lipinski definition) is 1. The number of benzene rings is 2. The molecule has 0 aliphatic carbocycles. The number of H-pyrrole nitrogens is 1. The lowest BCUT2D eigenvalue weighted by Gasteiger charge is -2.04. The number of nitrogens with one attached hydrogen (secondary N) is 1. The van der Waals surface area contributed by atoms with Gasteiger partial charge in [0.15, 0.2) is 5.78 Å². The molecule has 5 heteroatoms. The summed E-state index contributed by atoms with van der Waals surface area (Å²) in [5.74, 6) is -0.913. The summed E-state index contributed by atoms with van der Waals surface area (Å²) in [4.78, 5) is 27.6. The Balaban J connectivity index is 2.19. The summed E-state index contributed by atoms with van der Waals surface area (Å²) in [6.45, 7) is 0. The smallest absolute Gasteiger partial charge is 0.200 e. The van der Waals surface area contributed by atoms with E-state index in [0.717, 1.165) is 10.5 Å². The van der Waals surface area contributed by atoms with Crippen molar-refractivity contribution in [3.63, 3.8) is 0 Å². The fourth-order valence-electron chi connectivity index (χ4n) is 2.14. The van der Waals surface area contributed by atoms with Crippen molar-refractivity contribution in [3.8, 4) is 0 Å². The second kappa shape index (κ2) is 5.26. The number of aromatic amines is 1. The predicted octanol–water partition coefficient (Wildman–Crippen LogP) is 3.66. The van der Waals surface area contributed by atoms with Gasteiger partial charge in [-0.15, -0.1) is 0 Å². The maximum absolute atomic E-state index is 13.3. The van der Waals surface area contributed by atoms with E-state index in [4.69, 9.17) is 0 Å². The van der Waals surface area contributed by atoms with Crippen molar-refractivity contribution in [2.45, 2.75) is 0 Å². The van der Waals surface area contributed by atoms with Crippen LogP contribution in [0.2, 0.25) is 0 Å². The van der Waals surface area contributed by atoms with Crippen LogP contribution in [-0.2, 0) is 0 Å². The molecule has 1 aromatic heterocycles. The van der Waals surface area contributed by atoms with Gasteiger partial charge in [-0.25, -0.2) is 4.39 Å². The van der Waals surface area contributed by atoms with Crippen molar-refractivity contribution in [1.82, 2.24) is 4.98 Å². The molecule has 2 aromatic carbocycles. The molecule has 104 valence electrons. The summed E-state index contributed by atoms with van der Waals surface area (Å²) < 4.78 is 14.0. The van der Waals surface area contributed by atoms with Crippen LogP contribution in [-0.4, -0.2) is 10.8 Å². The molecule has 0 saturated heterocycles. The third-order valence-electron chi connectivity index (χ3n) is 3.17. The van der Waals surface area contributed by atoms with Crippen molar-refractivity contribution in [3.05, 3.63) is 80.3 Å². The van der Waals surface area contributed by atoms with E-state index in [1.807, 2.05) is 0 Å². The van der Waals surface area contributed by atoms with Gasteiger partial charge in [-0.3, -0.25) is 9.59 Å². The summed E-state index contributed by atoms with van der Waals surface area (Å²) in [6.07, 6.45) is 1.37. The van der Waals surface area contributed by atoms with Crippen molar-refractivity contribution in [1.29, 1.82) is 0 Å². The lowest BCUT2D eigenvalue weighted by Crippen LogP contribution is -2.16. The second-order valence-corrected chi connectivity index (χ2v) is 5.48. The van der Waals surface area contributed by atoms with E-state index in [2.05, 4.69) is 20.9 Å². The van der Waals surface area contributed by atoms with Crippen LogP contribution in [0.15, 0.2) is 57.9 Å². The highest BCUT2D eigenvalue weighted by molar-refractivity contribution is 9.10. The summed E-state index contributed by atoms with van der Waals surface area (Å²) in [5, 5.41) is 0.163. The van der Waals surface area contributed by atoms with Crippen molar-refractivity contribution in [2.24, 2.45) is 0 Å². The highest BCUT2D eigenvalue weighted by Gasteiger charge is 2.15. The fraction of sp³-hybridized carbons (Fsp3) is 0. The number of ketones is 1. The Kier molecular flexibility index (Phi) is 3.43. The Morgan fingerprint density at radius 2 is 1.95 bits per heavy atom. The molecule has 0 radical (unpaired) electrons. The lowest BCUT2D eigenvalue weighted by atomic mass is 10.0. The van der Waals surface area contributed by atoms with Crippen LogP contribution in [0.3, 0.4) is 0 Å². The van der Waals surface area contributed by atoms with Gasteiger partial charge in [0.1, 0.15) is 5.82 Å². The van der Waals surface area contributed by atoms with Gasteiger partial charge in [0.25, 0.3) is 0 Å². The van der Waals surface area contributed by atoms with Gasteiger partial charge in [0, 0.05) is 27.1 Å². The summed E-state index contributed by atoms with van der Waals surface area (Å²) in [7, 11) is 0. The molecule has 1 heterocycles. The molecular weight excluding hydrogens is 337 g/mol. The van der Waals surface area contributed by atoms with E-state index < -0.39 is 17.0 Å². The van der Waals surface area contributed by atoms with E-state index in [1.165, 1.54) is 18.3 Å². The first-order chi connectivity index (χ1) is 10.1. The zero-order chi connectivity index (χ0) is 15.0. The average Bonchev–Trinajstić information content (AvgIpc) is 2.47. The van der Waals surface area contributed by atoms with Gasteiger partial charge in [-0.05, 0) is 30.3 Å². The number of rotatable bonds is 2. The summed E-state index contributed by atoms with van der Waals surface area (Å²) in [6, 6.07) is 10.6. The van der Waals surface area contributed by atoms with Crippen LogP contribution in [0.5, 0.6) is 0 Å². The van der Waals surface area contributed by atoms with Crippen LogP contribution in [0.4, 0.5) is 4.39 Å². The monoisotopic (exact) mass is 345 g/mol. The molecule has 0 amide bonds. The minimum Gasteiger partial charge on any atom is -0.360 e. The first kappa shape index (κ1) is 13.7. The molecule has 0 bridgehead atoms. The number of carbonyl (C=O) groups excluding carboxylic acids is 1. The molecule has 3 rings (SSSR count). The Morgan fingerprint density at radius 1 is 1.14 bits per heavy atom. The van der Waals surface area contributed by atoms with Crippen molar-refractivity contribution < 1.29 is 9.18 Å². The molecule has 0 atom stereocenters. The van der Waals surface area contributed by atoms with E-state index in [0.29, 0.717) is 11.1 Å². The lowest BCUT2D eigenvalue weighted by molar-refractivity contribution is 0.103. The second-order valence-electron chi connectivity index (χ2n) is 4.56. The predicted molar refractivity (Wildman–Crippen MR) is 82.1 cm³/mol. The number of carbonyl (C=O) groups is 1. The van der Waals surface area contributed by atoms with E-state index in [-0.39, 0.29) is 10.9 Å². The topological polar surface area (TPSA) is 49.9 Å². The first-order valence-corrected chi connectivity index (χ1v) is 6.97. The molecule has 21 heavy (non-hydrogen) atoms. The van der Waals surface area contributed by atoms with Crippen LogP contribution in [0.1, 0.15) is 15.9 Å². The van der Waals surface area contributed by atoms with Gasteiger partial charge in [0.2, 0.25) is 5.43 Å². The highest BCUT2D eigenvalue weighted by Crippen LogP contribution is 2.16. The van der Waals surface area contributed by atoms with E-state index in [9.17, 15) is 14.0 Å². The zero-order valence-electron chi connectivity index (χ0n) is 10.7. The number of aromatic nitrogens is 1. The molecular formula is C16H9BrFNO2. The summed E-state index contributed by atoms with van der Waals surface area (Å²) in [5.41, 5.74) is 0.400. The highest BCUT2D eigenvalue weighted by atomic mass is 79.9. The summed E-state index contributed by atoms with van der Waals surface area (Å²) >= 11 is 3.28. The van der Waals surface area contributed by atoms with Gasteiger partial charge < -0.3 is 4.98 Å². The number of hydrogen-bond acceptors (Lipinski definition) is 2. The molecule has 0 aliphatic heterocycles. The van der Waals surface area contributed by atoms with Crippen LogP contribution >= 0.6 is 15.9 Å². The molecule has 0 fully saturated rings. The molecule has 3 aromatic rings. The fourth-order valence-corrected chi connectivity index (χ4v) is 2.54.